The van der Waals surface area contributed by atoms with Crippen LogP contribution in [-0.4, -0.2) is 29.7 Å². The Kier molecular flexibility index (Phi) is 3.39. The second-order valence-electron chi connectivity index (χ2n) is 4.60. The normalized spacial score (nSPS) is 27.1. The minimum atomic E-state index is 0.326. The quantitative estimate of drug-likeness (QED) is 0.812. The van der Waals surface area contributed by atoms with Crippen molar-refractivity contribution in [3.05, 3.63) is 35.9 Å². The number of benzene rings is 1. The lowest BCUT2D eigenvalue weighted by Gasteiger charge is -2.15. The number of nitrogens with zero attached hydrogens (tertiary/aromatic N) is 1. The molecular formula is C13H19NO. The van der Waals surface area contributed by atoms with Crippen LogP contribution in [-0.2, 0) is 6.54 Å². The van der Waals surface area contributed by atoms with E-state index in [1.807, 2.05) is 6.07 Å². The van der Waals surface area contributed by atoms with E-state index in [0.717, 1.165) is 19.6 Å². The molecule has 1 aliphatic heterocycles. The summed E-state index contributed by atoms with van der Waals surface area (Å²) in [5, 5.41) is 9.19. The van der Waals surface area contributed by atoms with Gasteiger partial charge in [0.1, 0.15) is 0 Å². The highest BCUT2D eigenvalue weighted by atomic mass is 16.3. The van der Waals surface area contributed by atoms with Gasteiger partial charge in [0.2, 0.25) is 0 Å². The van der Waals surface area contributed by atoms with Crippen LogP contribution < -0.4 is 0 Å². The smallest absolute Gasteiger partial charge is 0.0474 e. The third-order valence-electron chi connectivity index (χ3n) is 3.33. The molecule has 15 heavy (non-hydrogen) atoms. The Morgan fingerprint density at radius 3 is 2.60 bits per heavy atom. The molecule has 0 radical (unpaired) electrons. The lowest BCUT2D eigenvalue weighted by molar-refractivity contribution is 0.204. The molecule has 2 heteroatoms. The van der Waals surface area contributed by atoms with E-state index in [4.69, 9.17) is 0 Å². The van der Waals surface area contributed by atoms with Crippen molar-refractivity contribution in [3.8, 4) is 0 Å². The average Bonchev–Trinajstić information content (AvgIpc) is 2.60. The van der Waals surface area contributed by atoms with Crippen molar-refractivity contribution in [1.82, 2.24) is 4.90 Å². The van der Waals surface area contributed by atoms with E-state index in [0.29, 0.717) is 18.4 Å². The minimum absolute atomic E-state index is 0.326. The summed E-state index contributed by atoms with van der Waals surface area (Å²) >= 11 is 0. The van der Waals surface area contributed by atoms with Gasteiger partial charge in [0.25, 0.3) is 0 Å². The molecular weight excluding hydrogens is 186 g/mol. The van der Waals surface area contributed by atoms with E-state index in [1.54, 1.807) is 0 Å². The fourth-order valence-electron chi connectivity index (χ4n) is 2.35. The fraction of sp³-hybridized carbons (Fsp3) is 0.538. The van der Waals surface area contributed by atoms with Gasteiger partial charge in [0.05, 0.1) is 0 Å². The molecule has 0 amide bonds. The highest BCUT2D eigenvalue weighted by Gasteiger charge is 2.28. The summed E-state index contributed by atoms with van der Waals surface area (Å²) in [6, 6.07) is 10.5. The lowest BCUT2D eigenvalue weighted by atomic mass is 10.00. The first-order valence-electron chi connectivity index (χ1n) is 5.66. The Morgan fingerprint density at radius 1 is 1.27 bits per heavy atom. The van der Waals surface area contributed by atoms with Crippen LogP contribution >= 0.6 is 0 Å². The van der Waals surface area contributed by atoms with Crippen LogP contribution in [0.2, 0.25) is 0 Å². The summed E-state index contributed by atoms with van der Waals surface area (Å²) in [7, 11) is 0. The molecule has 0 saturated carbocycles. The number of aliphatic hydroxyl groups is 1. The zero-order chi connectivity index (χ0) is 10.7. The number of hydrogen-bond donors (Lipinski definition) is 1. The summed E-state index contributed by atoms with van der Waals surface area (Å²) in [6.45, 7) is 5.71. The standard InChI is InChI=1S/C13H19NO/c1-11-7-14(9-13(11)10-15)8-12-5-3-2-4-6-12/h2-6,11,13,15H,7-10H2,1H3/t11-,13+/m1/s1. The molecule has 1 saturated heterocycles. The number of hydrogen-bond acceptors (Lipinski definition) is 2. The maximum Gasteiger partial charge on any atom is 0.0474 e. The average molecular weight is 205 g/mol. The number of likely N-dealkylation sites (tertiary alicyclic amines) is 1. The molecule has 0 bridgehead atoms. The topological polar surface area (TPSA) is 23.5 Å². The van der Waals surface area contributed by atoms with E-state index in [1.165, 1.54) is 5.56 Å². The van der Waals surface area contributed by atoms with E-state index in [9.17, 15) is 5.11 Å². The molecule has 1 aromatic carbocycles. The highest BCUT2D eigenvalue weighted by Crippen LogP contribution is 2.23. The van der Waals surface area contributed by atoms with Crippen molar-refractivity contribution in [2.75, 3.05) is 19.7 Å². The second kappa shape index (κ2) is 4.77. The van der Waals surface area contributed by atoms with Gasteiger partial charge in [-0.15, -0.1) is 0 Å². The Labute approximate surface area is 91.5 Å². The van der Waals surface area contributed by atoms with Gasteiger partial charge in [-0.05, 0) is 17.4 Å². The first-order chi connectivity index (χ1) is 7.29. The van der Waals surface area contributed by atoms with E-state index in [2.05, 4.69) is 36.1 Å². The fourth-order valence-corrected chi connectivity index (χ4v) is 2.35. The Bertz CT molecular complexity index is 299. The highest BCUT2D eigenvalue weighted by molar-refractivity contribution is 5.14. The molecule has 1 aromatic rings. The van der Waals surface area contributed by atoms with Crippen molar-refractivity contribution < 1.29 is 5.11 Å². The summed E-state index contributed by atoms with van der Waals surface area (Å²) in [5.41, 5.74) is 1.36. The van der Waals surface area contributed by atoms with Gasteiger partial charge in [0.15, 0.2) is 0 Å². The van der Waals surface area contributed by atoms with Gasteiger partial charge >= 0.3 is 0 Å². The number of aliphatic hydroxyl groups excluding tert-OH is 1. The lowest BCUT2D eigenvalue weighted by Crippen LogP contribution is -2.20. The van der Waals surface area contributed by atoms with Gasteiger partial charge in [-0.25, -0.2) is 0 Å². The molecule has 1 fully saturated rings. The third kappa shape index (κ3) is 2.58. The monoisotopic (exact) mass is 205 g/mol. The molecule has 82 valence electrons. The van der Waals surface area contributed by atoms with Crippen molar-refractivity contribution in [2.24, 2.45) is 11.8 Å². The van der Waals surface area contributed by atoms with E-state index >= 15 is 0 Å². The van der Waals surface area contributed by atoms with Crippen LogP contribution in [0.25, 0.3) is 0 Å². The van der Waals surface area contributed by atoms with Gasteiger partial charge in [-0.3, -0.25) is 4.90 Å². The summed E-state index contributed by atoms with van der Waals surface area (Å²) in [6.07, 6.45) is 0. The SMILES string of the molecule is C[C@@H]1CN(Cc2ccccc2)C[C@H]1CO. The molecule has 1 heterocycles. The third-order valence-corrected chi connectivity index (χ3v) is 3.33. The molecule has 2 nitrogen and oxygen atoms in total. The Balaban J connectivity index is 1.92. The molecule has 0 aromatic heterocycles. The van der Waals surface area contributed by atoms with Crippen LogP contribution in [0.1, 0.15) is 12.5 Å². The van der Waals surface area contributed by atoms with Gasteiger partial charge in [-0.2, -0.15) is 0 Å². The molecule has 0 unspecified atom stereocenters. The predicted octanol–water partition coefficient (Wildman–Crippen LogP) is 1.75. The van der Waals surface area contributed by atoms with Crippen LogP contribution in [0.3, 0.4) is 0 Å². The van der Waals surface area contributed by atoms with Crippen molar-refractivity contribution in [1.29, 1.82) is 0 Å². The van der Waals surface area contributed by atoms with Crippen molar-refractivity contribution in [3.63, 3.8) is 0 Å². The molecule has 0 spiro atoms. The molecule has 1 aliphatic rings. The molecule has 1 N–H and O–H groups in total. The molecule has 2 atom stereocenters. The Morgan fingerprint density at radius 2 is 2.00 bits per heavy atom. The zero-order valence-electron chi connectivity index (χ0n) is 9.26. The summed E-state index contributed by atoms with van der Waals surface area (Å²) < 4.78 is 0. The minimum Gasteiger partial charge on any atom is -0.396 e. The van der Waals surface area contributed by atoms with Crippen molar-refractivity contribution in [2.45, 2.75) is 13.5 Å². The van der Waals surface area contributed by atoms with Crippen molar-refractivity contribution >= 4 is 0 Å². The van der Waals surface area contributed by atoms with Crippen LogP contribution in [0, 0.1) is 11.8 Å². The summed E-state index contributed by atoms with van der Waals surface area (Å²) in [4.78, 5) is 2.43. The van der Waals surface area contributed by atoms with Gasteiger partial charge in [-0.1, -0.05) is 37.3 Å². The largest absolute Gasteiger partial charge is 0.396 e. The predicted molar refractivity (Wildman–Crippen MR) is 61.5 cm³/mol. The second-order valence-corrected chi connectivity index (χ2v) is 4.60. The van der Waals surface area contributed by atoms with Gasteiger partial charge < -0.3 is 5.11 Å². The number of rotatable bonds is 3. The molecule has 0 aliphatic carbocycles. The first kappa shape index (κ1) is 10.7. The zero-order valence-corrected chi connectivity index (χ0v) is 9.26. The van der Waals surface area contributed by atoms with Gasteiger partial charge in [0, 0.05) is 26.2 Å². The Hall–Kier alpha value is -0.860. The van der Waals surface area contributed by atoms with Crippen LogP contribution in [0.5, 0.6) is 0 Å². The molecule has 2 rings (SSSR count). The summed E-state index contributed by atoms with van der Waals surface area (Å²) in [5.74, 6) is 1.09. The maximum absolute atomic E-state index is 9.19. The maximum atomic E-state index is 9.19. The van der Waals surface area contributed by atoms with E-state index < -0.39 is 0 Å². The van der Waals surface area contributed by atoms with Crippen LogP contribution in [0.15, 0.2) is 30.3 Å². The van der Waals surface area contributed by atoms with Crippen LogP contribution in [0.4, 0.5) is 0 Å². The first-order valence-corrected chi connectivity index (χ1v) is 5.66. The van der Waals surface area contributed by atoms with E-state index in [-0.39, 0.29) is 0 Å².